The molecule has 2 aliphatic rings. The quantitative estimate of drug-likeness (QED) is 0.808. The summed E-state index contributed by atoms with van der Waals surface area (Å²) in [6, 6.07) is 7.91. The molecule has 0 atom stereocenters. The first-order valence-electron chi connectivity index (χ1n) is 10.2. The van der Waals surface area contributed by atoms with E-state index in [1.165, 1.54) is 43.9 Å². The molecule has 27 heavy (non-hydrogen) atoms. The van der Waals surface area contributed by atoms with Gasteiger partial charge < -0.3 is 5.32 Å². The maximum absolute atomic E-state index is 12.3. The van der Waals surface area contributed by atoms with Gasteiger partial charge in [0.15, 0.2) is 0 Å². The van der Waals surface area contributed by atoms with Gasteiger partial charge in [-0.2, -0.15) is 0 Å². The lowest BCUT2D eigenvalue weighted by atomic mass is 9.89. The summed E-state index contributed by atoms with van der Waals surface area (Å²) >= 11 is 0. The second-order valence-electron chi connectivity index (χ2n) is 8.22. The van der Waals surface area contributed by atoms with Gasteiger partial charge in [0.05, 0.1) is 6.26 Å². The Kier molecular flexibility index (Phi) is 6.93. The standard InChI is InChI=1S/C21H32N2O3S/c1-27(25,26)23-13-11-18(12-14-23)15-17-7-9-20(10-8-17)21(24)22-16-19-5-3-2-4-6-19/h7-10,18-19H,2-6,11-16H2,1H3,(H,22,24). The third-order valence-corrected chi connectivity index (χ3v) is 7.36. The number of hydrogen-bond acceptors (Lipinski definition) is 3. The summed E-state index contributed by atoms with van der Waals surface area (Å²) in [5, 5.41) is 3.09. The van der Waals surface area contributed by atoms with E-state index in [0.29, 0.717) is 24.9 Å². The number of sulfonamides is 1. The van der Waals surface area contributed by atoms with Crippen molar-refractivity contribution in [2.75, 3.05) is 25.9 Å². The topological polar surface area (TPSA) is 66.5 Å². The number of piperidine rings is 1. The van der Waals surface area contributed by atoms with Crippen molar-refractivity contribution < 1.29 is 13.2 Å². The predicted molar refractivity (Wildman–Crippen MR) is 108 cm³/mol. The van der Waals surface area contributed by atoms with Crippen LogP contribution in [0.5, 0.6) is 0 Å². The molecule has 1 aliphatic carbocycles. The zero-order chi connectivity index (χ0) is 19.3. The summed E-state index contributed by atoms with van der Waals surface area (Å²) < 4.78 is 24.8. The SMILES string of the molecule is CS(=O)(=O)N1CCC(Cc2ccc(C(=O)NCC3CCCCC3)cc2)CC1. The Bertz CT molecular complexity index is 716. The normalized spacial score (nSPS) is 20.5. The minimum atomic E-state index is -3.06. The number of nitrogens with one attached hydrogen (secondary N) is 1. The molecule has 1 aromatic carbocycles. The molecule has 0 aromatic heterocycles. The number of benzene rings is 1. The molecule has 1 saturated carbocycles. The zero-order valence-corrected chi connectivity index (χ0v) is 17.1. The minimum absolute atomic E-state index is 0.0218. The largest absolute Gasteiger partial charge is 0.352 e. The summed E-state index contributed by atoms with van der Waals surface area (Å²) in [5.41, 5.74) is 1.94. The van der Waals surface area contributed by atoms with Gasteiger partial charge >= 0.3 is 0 Å². The highest BCUT2D eigenvalue weighted by molar-refractivity contribution is 7.88. The van der Waals surface area contributed by atoms with Crippen molar-refractivity contribution in [2.45, 2.75) is 51.4 Å². The van der Waals surface area contributed by atoms with Crippen LogP contribution in [-0.2, 0) is 16.4 Å². The minimum Gasteiger partial charge on any atom is -0.352 e. The summed E-state index contributed by atoms with van der Waals surface area (Å²) in [4.78, 5) is 12.3. The lowest BCUT2D eigenvalue weighted by Gasteiger charge is -2.30. The van der Waals surface area contributed by atoms with Crippen LogP contribution in [0.3, 0.4) is 0 Å². The number of carbonyl (C=O) groups is 1. The zero-order valence-electron chi connectivity index (χ0n) is 16.3. The predicted octanol–water partition coefficient (Wildman–Crippen LogP) is 3.21. The van der Waals surface area contributed by atoms with Crippen molar-refractivity contribution in [3.05, 3.63) is 35.4 Å². The van der Waals surface area contributed by atoms with Gasteiger partial charge in [-0.15, -0.1) is 0 Å². The molecule has 2 fully saturated rings. The Morgan fingerprint density at radius 1 is 1.00 bits per heavy atom. The fourth-order valence-electron chi connectivity index (χ4n) is 4.30. The average Bonchev–Trinajstić information content (AvgIpc) is 2.67. The number of amides is 1. The monoisotopic (exact) mass is 392 g/mol. The Labute approximate surface area is 163 Å². The van der Waals surface area contributed by atoms with Crippen LogP contribution >= 0.6 is 0 Å². The first-order chi connectivity index (χ1) is 12.9. The van der Waals surface area contributed by atoms with Gasteiger partial charge in [-0.3, -0.25) is 4.79 Å². The number of hydrogen-bond donors (Lipinski definition) is 1. The van der Waals surface area contributed by atoms with Crippen molar-refractivity contribution in [3.8, 4) is 0 Å². The van der Waals surface area contributed by atoms with Gasteiger partial charge in [0.25, 0.3) is 5.91 Å². The Morgan fingerprint density at radius 2 is 1.63 bits per heavy atom. The Hall–Kier alpha value is -1.40. The van der Waals surface area contributed by atoms with E-state index in [1.807, 2.05) is 24.3 Å². The maximum atomic E-state index is 12.3. The molecule has 0 unspecified atom stereocenters. The van der Waals surface area contributed by atoms with E-state index in [4.69, 9.17) is 0 Å². The third-order valence-electron chi connectivity index (χ3n) is 6.06. The van der Waals surface area contributed by atoms with Crippen LogP contribution in [0.25, 0.3) is 0 Å². The first kappa shape index (κ1) is 20.3. The molecule has 1 aliphatic heterocycles. The van der Waals surface area contributed by atoms with E-state index in [-0.39, 0.29) is 5.91 Å². The molecule has 1 amide bonds. The lowest BCUT2D eigenvalue weighted by Crippen LogP contribution is -2.38. The molecule has 6 heteroatoms. The highest BCUT2D eigenvalue weighted by atomic mass is 32.2. The molecule has 1 saturated heterocycles. The molecular formula is C21H32N2O3S. The first-order valence-corrected chi connectivity index (χ1v) is 12.1. The van der Waals surface area contributed by atoms with Crippen LogP contribution in [0, 0.1) is 11.8 Å². The van der Waals surface area contributed by atoms with Crippen molar-refractivity contribution in [2.24, 2.45) is 11.8 Å². The second kappa shape index (κ2) is 9.20. The van der Waals surface area contributed by atoms with E-state index in [9.17, 15) is 13.2 Å². The van der Waals surface area contributed by atoms with Crippen LogP contribution in [0.1, 0.15) is 60.9 Å². The highest BCUT2D eigenvalue weighted by Crippen LogP contribution is 2.24. The van der Waals surface area contributed by atoms with Crippen molar-refractivity contribution in [1.29, 1.82) is 0 Å². The van der Waals surface area contributed by atoms with E-state index in [2.05, 4.69) is 5.32 Å². The molecule has 0 spiro atoms. The highest BCUT2D eigenvalue weighted by Gasteiger charge is 2.25. The lowest BCUT2D eigenvalue weighted by molar-refractivity contribution is 0.0943. The van der Waals surface area contributed by atoms with E-state index < -0.39 is 10.0 Å². The van der Waals surface area contributed by atoms with Gasteiger partial charge in [-0.25, -0.2) is 12.7 Å². The van der Waals surface area contributed by atoms with Crippen LogP contribution in [0.4, 0.5) is 0 Å². The molecule has 150 valence electrons. The summed E-state index contributed by atoms with van der Waals surface area (Å²) in [6.45, 7) is 2.02. The maximum Gasteiger partial charge on any atom is 0.251 e. The molecule has 0 bridgehead atoms. The molecular weight excluding hydrogens is 360 g/mol. The van der Waals surface area contributed by atoms with Crippen molar-refractivity contribution in [1.82, 2.24) is 9.62 Å². The van der Waals surface area contributed by atoms with Gasteiger partial charge in [0.1, 0.15) is 0 Å². The van der Waals surface area contributed by atoms with E-state index >= 15 is 0 Å². The number of carbonyl (C=O) groups excluding carboxylic acids is 1. The van der Waals surface area contributed by atoms with Crippen molar-refractivity contribution >= 4 is 15.9 Å². The smallest absolute Gasteiger partial charge is 0.251 e. The average molecular weight is 393 g/mol. The Morgan fingerprint density at radius 3 is 2.22 bits per heavy atom. The third kappa shape index (κ3) is 6.04. The fourth-order valence-corrected chi connectivity index (χ4v) is 5.18. The van der Waals surface area contributed by atoms with Crippen LogP contribution in [-0.4, -0.2) is 44.5 Å². The second-order valence-corrected chi connectivity index (χ2v) is 10.2. The molecule has 0 radical (unpaired) electrons. The van der Waals surface area contributed by atoms with Gasteiger partial charge in [0.2, 0.25) is 10.0 Å². The van der Waals surface area contributed by atoms with Gasteiger partial charge in [0, 0.05) is 25.2 Å². The number of rotatable bonds is 6. The summed E-state index contributed by atoms with van der Waals surface area (Å²) in [5.74, 6) is 1.17. The fraction of sp³-hybridized carbons (Fsp3) is 0.667. The van der Waals surface area contributed by atoms with Crippen LogP contribution < -0.4 is 5.32 Å². The van der Waals surface area contributed by atoms with Gasteiger partial charge in [-0.05, 0) is 61.6 Å². The van der Waals surface area contributed by atoms with E-state index in [1.54, 1.807) is 4.31 Å². The summed E-state index contributed by atoms with van der Waals surface area (Å²) in [6.07, 6.45) is 10.4. The summed E-state index contributed by atoms with van der Waals surface area (Å²) in [7, 11) is -3.06. The molecule has 5 nitrogen and oxygen atoms in total. The van der Waals surface area contributed by atoms with Crippen LogP contribution in [0.15, 0.2) is 24.3 Å². The Balaban J connectivity index is 1.45. The molecule has 1 N–H and O–H groups in total. The van der Waals surface area contributed by atoms with Crippen molar-refractivity contribution in [3.63, 3.8) is 0 Å². The van der Waals surface area contributed by atoms with E-state index in [0.717, 1.165) is 31.4 Å². The van der Waals surface area contributed by atoms with Gasteiger partial charge in [-0.1, -0.05) is 31.4 Å². The molecule has 1 heterocycles. The van der Waals surface area contributed by atoms with Crippen LogP contribution in [0.2, 0.25) is 0 Å². The number of nitrogens with zero attached hydrogens (tertiary/aromatic N) is 1. The molecule has 3 rings (SSSR count). The molecule has 1 aromatic rings.